The molecule has 0 aliphatic heterocycles. The molecular weight excluding hydrogens is 240 g/mol. The van der Waals surface area contributed by atoms with Gasteiger partial charge in [0.05, 0.1) is 11.5 Å². The summed E-state index contributed by atoms with van der Waals surface area (Å²) in [5, 5.41) is 10.2. The maximum Gasteiger partial charge on any atom is 0.145 e. The molecule has 0 amide bonds. The molecule has 2 heterocycles. The van der Waals surface area contributed by atoms with Crippen LogP contribution in [0.3, 0.4) is 0 Å². The number of hydrogen-bond acceptors (Lipinski definition) is 4. The summed E-state index contributed by atoms with van der Waals surface area (Å²) in [4.78, 5) is 8.34. The zero-order valence-corrected chi connectivity index (χ0v) is 11.2. The van der Waals surface area contributed by atoms with Gasteiger partial charge in [-0.15, -0.1) is 0 Å². The number of nitrogens with zero attached hydrogens (tertiary/aromatic N) is 3. The summed E-state index contributed by atoms with van der Waals surface area (Å²) in [6, 6.07) is 2.37. The van der Waals surface area contributed by atoms with Crippen LogP contribution in [-0.4, -0.2) is 25.7 Å². The van der Waals surface area contributed by atoms with Gasteiger partial charge in [-0.25, -0.2) is 9.97 Å². The molecule has 0 spiro atoms. The lowest BCUT2D eigenvalue weighted by Gasteiger charge is -2.32. The number of aliphatic hydroxyl groups excluding tert-OH is 1. The van der Waals surface area contributed by atoms with E-state index in [1.807, 2.05) is 12.3 Å². The summed E-state index contributed by atoms with van der Waals surface area (Å²) in [5.74, 6) is 1.23. The van der Waals surface area contributed by atoms with Crippen LogP contribution in [0.1, 0.15) is 38.6 Å². The zero-order chi connectivity index (χ0) is 13.4. The first-order valence-corrected chi connectivity index (χ1v) is 6.90. The molecule has 1 atom stereocenters. The first-order valence-electron chi connectivity index (χ1n) is 6.90. The molecule has 2 aromatic heterocycles. The monoisotopic (exact) mass is 260 g/mol. The molecule has 102 valence electrons. The maximum atomic E-state index is 9.30. The Labute approximate surface area is 112 Å². The van der Waals surface area contributed by atoms with Crippen molar-refractivity contribution < 1.29 is 5.11 Å². The van der Waals surface area contributed by atoms with E-state index in [1.54, 1.807) is 0 Å². The SMILES string of the molecule is CC(CCC1CC(O)C1)n1ccc2c(N)ncnc21. The molecule has 5 heteroatoms. The summed E-state index contributed by atoms with van der Waals surface area (Å²) < 4.78 is 2.17. The number of nitrogens with two attached hydrogens (primary N) is 1. The molecule has 5 nitrogen and oxygen atoms in total. The van der Waals surface area contributed by atoms with E-state index in [9.17, 15) is 5.11 Å². The lowest BCUT2D eigenvalue weighted by Crippen LogP contribution is -2.28. The lowest BCUT2D eigenvalue weighted by molar-refractivity contribution is 0.0368. The highest BCUT2D eigenvalue weighted by Gasteiger charge is 2.27. The minimum atomic E-state index is -0.0553. The highest BCUT2D eigenvalue weighted by molar-refractivity contribution is 5.86. The molecule has 0 saturated heterocycles. The molecule has 1 aliphatic rings. The van der Waals surface area contributed by atoms with E-state index in [2.05, 4.69) is 21.5 Å². The third kappa shape index (κ3) is 2.30. The van der Waals surface area contributed by atoms with E-state index in [0.29, 0.717) is 17.8 Å². The molecule has 0 aromatic carbocycles. The molecule has 1 unspecified atom stereocenters. The molecule has 1 aliphatic carbocycles. The van der Waals surface area contributed by atoms with Crippen LogP contribution in [0.5, 0.6) is 0 Å². The summed E-state index contributed by atoms with van der Waals surface area (Å²) in [7, 11) is 0. The van der Waals surface area contributed by atoms with E-state index in [4.69, 9.17) is 5.73 Å². The van der Waals surface area contributed by atoms with Crippen LogP contribution in [0.25, 0.3) is 11.0 Å². The van der Waals surface area contributed by atoms with Gasteiger partial charge < -0.3 is 15.4 Å². The van der Waals surface area contributed by atoms with Crippen molar-refractivity contribution in [3.63, 3.8) is 0 Å². The average molecular weight is 260 g/mol. The first kappa shape index (κ1) is 12.4. The van der Waals surface area contributed by atoms with Gasteiger partial charge in [-0.2, -0.15) is 0 Å². The van der Waals surface area contributed by atoms with Gasteiger partial charge in [0, 0.05) is 12.2 Å². The lowest BCUT2D eigenvalue weighted by atomic mass is 9.79. The Bertz CT molecular complexity index is 574. The number of hydrogen-bond donors (Lipinski definition) is 2. The van der Waals surface area contributed by atoms with Gasteiger partial charge in [0.25, 0.3) is 0 Å². The van der Waals surface area contributed by atoms with Crippen molar-refractivity contribution in [2.45, 2.75) is 44.8 Å². The Morgan fingerprint density at radius 3 is 3.00 bits per heavy atom. The van der Waals surface area contributed by atoms with Crippen molar-refractivity contribution in [2.75, 3.05) is 5.73 Å². The fourth-order valence-corrected chi connectivity index (χ4v) is 2.90. The highest BCUT2D eigenvalue weighted by Crippen LogP contribution is 2.33. The van der Waals surface area contributed by atoms with E-state index in [0.717, 1.165) is 30.3 Å². The van der Waals surface area contributed by atoms with Crippen molar-refractivity contribution >= 4 is 16.9 Å². The normalized spacial score (nSPS) is 24.3. The van der Waals surface area contributed by atoms with Crippen molar-refractivity contribution in [1.29, 1.82) is 0 Å². The van der Waals surface area contributed by atoms with E-state index >= 15 is 0 Å². The topological polar surface area (TPSA) is 77.0 Å². The smallest absolute Gasteiger partial charge is 0.145 e. The molecule has 0 radical (unpaired) electrons. The van der Waals surface area contributed by atoms with E-state index < -0.39 is 0 Å². The van der Waals surface area contributed by atoms with Crippen molar-refractivity contribution in [3.05, 3.63) is 18.6 Å². The van der Waals surface area contributed by atoms with Crippen LogP contribution < -0.4 is 5.73 Å². The predicted octanol–water partition coefficient (Wildman–Crippen LogP) is 2.13. The Morgan fingerprint density at radius 2 is 2.26 bits per heavy atom. The fourth-order valence-electron chi connectivity index (χ4n) is 2.90. The second-order valence-corrected chi connectivity index (χ2v) is 5.64. The standard InChI is InChI=1S/C14H20N4O/c1-9(2-3-10-6-11(19)7-10)18-5-4-12-13(15)16-8-17-14(12)18/h4-5,8-11,19H,2-3,6-7H2,1H3,(H2,15,16,17). The zero-order valence-electron chi connectivity index (χ0n) is 11.2. The second kappa shape index (κ2) is 4.81. The van der Waals surface area contributed by atoms with Gasteiger partial charge in [0.1, 0.15) is 17.8 Å². The molecule has 1 fully saturated rings. The maximum absolute atomic E-state index is 9.30. The number of nitrogen functional groups attached to an aromatic ring is 1. The van der Waals surface area contributed by atoms with Gasteiger partial charge in [-0.3, -0.25) is 0 Å². The third-order valence-corrected chi connectivity index (χ3v) is 4.22. The molecule has 2 aromatic rings. The van der Waals surface area contributed by atoms with Crippen LogP contribution in [0.4, 0.5) is 5.82 Å². The fraction of sp³-hybridized carbons (Fsp3) is 0.571. The average Bonchev–Trinajstić information content (AvgIpc) is 2.78. The number of aromatic nitrogens is 3. The number of fused-ring (bicyclic) bond motifs is 1. The third-order valence-electron chi connectivity index (χ3n) is 4.22. The minimum absolute atomic E-state index is 0.0553. The van der Waals surface area contributed by atoms with Crippen LogP contribution >= 0.6 is 0 Å². The van der Waals surface area contributed by atoms with E-state index in [1.165, 1.54) is 12.7 Å². The Balaban J connectivity index is 1.71. The quantitative estimate of drug-likeness (QED) is 0.882. The molecular formula is C14H20N4O. The Kier molecular flexibility index (Phi) is 3.14. The molecule has 0 bridgehead atoms. The Hall–Kier alpha value is -1.62. The van der Waals surface area contributed by atoms with Gasteiger partial charge in [-0.05, 0) is 44.6 Å². The van der Waals surface area contributed by atoms with Crippen LogP contribution in [0, 0.1) is 5.92 Å². The van der Waals surface area contributed by atoms with Crippen molar-refractivity contribution in [1.82, 2.24) is 14.5 Å². The first-order chi connectivity index (χ1) is 9.15. The van der Waals surface area contributed by atoms with Gasteiger partial charge in [0.15, 0.2) is 0 Å². The summed E-state index contributed by atoms with van der Waals surface area (Å²) in [6.07, 6.45) is 7.70. The predicted molar refractivity (Wildman–Crippen MR) is 74.6 cm³/mol. The number of anilines is 1. The minimum Gasteiger partial charge on any atom is -0.393 e. The molecule has 3 rings (SSSR count). The largest absolute Gasteiger partial charge is 0.393 e. The number of rotatable bonds is 4. The van der Waals surface area contributed by atoms with Crippen molar-refractivity contribution in [3.8, 4) is 0 Å². The van der Waals surface area contributed by atoms with Gasteiger partial charge in [-0.1, -0.05) is 0 Å². The second-order valence-electron chi connectivity index (χ2n) is 5.64. The molecule has 1 saturated carbocycles. The van der Waals surface area contributed by atoms with Crippen LogP contribution in [-0.2, 0) is 0 Å². The number of aliphatic hydroxyl groups is 1. The molecule has 19 heavy (non-hydrogen) atoms. The van der Waals surface area contributed by atoms with Gasteiger partial charge in [0.2, 0.25) is 0 Å². The van der Waals surface area contributed by atoms with E-state index in [-0.39, 0.29) is 6.10 Å². The molecule has 3 N–H and O–H groups in total. The van der Waals surface area contributed by atoms with Gasteiger partial charge >= 0.3 is 0 Å². The summed E-state index contributed by atoms with van der Waals surface area (Å²) in [6.45, 7) is 2.20. The highest BCUT2D eigenvalue weighted by atomic mass is 16.3. The van der Waals surface area contributed by atoms with Crippen molar-refractivity contribution in [2.24, 2.45) is 5.92 Å². The summed E-state index contributed by atoms with van der Waals surface area (Å²) >= 11 is 0. The van der Waals surface area contributed by atoms with Crippen LogP contribution in [0.2, 0.25) is 0 Å². The Morgan fingerprint density at radius 1 is 1.47 bits per heavy atom. The summed E-state index contributed by atoms with van der Waals surface area (Å²) in [5.41, 5.74) is 6.76. The van der Waals surface area contributed by atoms with Crippen LogP contribution in [0.15, 0.2) is 18.6 Å².